The molecule has 0 spiro atoms. The summed E-state index contributed by atoms with van der Waals surface area (Å²) in [5, 5.41) is 6.67. The number of piperidine rings is 1. The van der Waals surface area contributed by atoms with Crippen molar-refractivity contribution in [2.75, 3.05) is 32.1 Å². The van der Waals surface area contributed by atoms with Gasteiger partial charge in [-0.3, -0.25) is 9.79 Å². The lowest BCUT2D eigenvalue weighted by Crippen LogP contribution is -2.42. The Morgan fingerprint density at radius 3 is 2.73 bits per heavy atom. The molecule has 1 aliphatic heterocycles. The van der Waals surface area contributed by atoms with Gasteiger partial charge in [0.05, 0.1) is 13.0 Å². The first kappa shape index (κ1) is 21.4. The fourth-order valence-corrected chi connectivity index (χ4v) is 3.58. The molecule has 0 saturated carbocycles. The van der Waals surface area contributed by atoms with Crippen molar-refractivity contribution in [1.82, 2.24) is 15.6 Å². The number of carbonyl (C=O) groups excluding carboxylic acids is 1. The molecule has 1 amide bonds. The monoisotopic (exact) mass is 410 g/mol. The van der Waals surface area contributed by atoms with E-state index in [0.29, 0.717) is 25.6 Å². The smallest absolute Gasteiger partial charge is 0.222 e. The van der Waals surface area contributed by atoms with Gasteiger partial charge in [-0.1, -0.05) is 18.2 Å². The zero-order valence-electron chi connectivity index (χ0n) is 17.6. The van der Waals surface area contributed by atoms with Gasteiger partial charge >= 0.3 is 0 Å². The van der Waals surface area contributed by atoms with Gasteiger partial charge in [0, 0.05) is 45.0 Å². The first-order valence-corrected chi connectivity index (χ1v) is 10.2. The van der Waals surface area contributed by atoms with E-state index >= 15 is 0 Å². The molecule has 1 atom stereocenters. The van der Waals surface area contributed by atoms with Crippen LogP contribution in [-0.2, 0) is 17.9 Å². The Hall–Kier alpha value is -3.29. The number of anilines is 1. The van der Waals surface area contributed by atoms with Crippen LogP contribution >= 0.6 is 0 Å². The van der Waals surface area contributed by atoms with E-state index in [2.05, 4.69) is 25.5 Å². The van der Waals surface area contributed by atoms with Gasteiger partial charge in [0.2, 0.25) is 5.91 Å². The molecule has 1 aliphatic rings. The molecule has 30 heavy (non-hydrogen) atoms. The Kier molecular flexibility index (Phi) is 7.48. The number of nitrogens with two attached hydrogens (primary N) is 1. The van der Waals surface area contributed by atoms with Crippen LogP contribution in [0.4, 0.5) is 5.82 Å². The number of ether oxygens (including phenoxy) is 1. The van der Waals surface area contributed by atoms with Crippen molar-refractivity contribution in [2.45, 2.75) is 25.9 Å². The summed E-state index contributed by atoms with van der Waals surface area (Å²) in [7, 11) is 3.40. The third-order valence-electron chi connectivity index (χ3n) is 5.28. The normalized spacial score (nSPS) is 16.8. The maximum atomic E-state index is 11.6. The lowest BCUT2D eigenvalue weighted by molar-refractivity contribution is -0.122. The van der Waals surface area contributed by atoms with Crippen LogP contribution in [0.25, 0.3) is 0 Å². The van der Waals surface area contributed by atoms with Crippen molar-refractivity contribution in [3.63, 3.8) is 0 Å². The highest BCUT2D eigenvalue weighted by Gasteiger charge is 2.25. The second-order valence-corrected chi connectivity index (χ2v) is 7.30. The van der Waals surface area contributed by atoms with E-state index in [1.807, 2.05) is 36.4 Å². The number of pyridine rings is 1. The van der Waals surface area contributed by atoms with E-state index in [-0.39, 0.29) is 11.8 Å². The van der Waals surface area contributed by atoms with Crippen molar-refractivity contribution < 1.29 is 9.53 Å². The maximum Gasteiger partial charge on any atom is 0.222 e. The van der Waals surface area contributed by atoms with Crippen LogP contribution in [-0.4, -0.2) is 44.1 Å². The summed E-state index contributed by atoms with van der Waals surface area (Å²) in [6.45, 7) is 2.71. The van der Waals surface area contributed by atoms with E-state index in [1.54, 1.807) is 20.4 Å². The lowest BCUT2D eigenvalue weighted by Gasteiger charge is -2.33. The molecule has 1 unspecified atom stereocenters. The number of methoxy groups -OCH3 is 1. The number of guanidine groups is 1. The van der Waals surface area contributed by atoms with Crippen LogP contribution in [0.3, 0.4) is 0 Å². The summed E-state index contributed by atoms with van der Waals surface area (Å²) in [6, 6.07) is 11.9. The third kappa shape index (κ3) is 5.62. The third-order valence-corrected chi connectivity index (χ3v) is 5.28. The molecular weight excluding hydrogens is 380 g/mol. The summed E-state index contributed by atoms with van der Waals surface area (Å²) in [4.78, 5) is 22.7. The SMILES string of the molecule is CN=C(NCc1ccc(OC)cc1)NCc1cccnc1N1CCCC(C(N)=O)C1. The molecular formula is C22H30N6O2. The van der Waals surface area contributed by atoms with Gasteiger partial charge < -0.3 is 26.0 Å². The first-order valence-electron chi connectivity index (χ1n) is 10.2. The minimum absolute atomic E-state index is 0.125. The van der Waals surface area contributed by atoms with Crippen molar-refractivity contribution in [2.24, 2.45) is 16.6 Å². The molecule has 1 saturated heterocycles. The summed E-state index contributed by atoms with van der Waals surface area (Å²) >= 11 is 0. The molecule has 1 fully saturated rings. The number of benzene rings is 1. The number of primary amides is 1. The Balaban J connectivity index is 1.59. The van der Waals surface area contributed by atoms with E-state index < -0.39 is 0 Å². The van der Waals surface area contributed by atoms with Crippen molar-refractivity contribution in [1.29, 1.82) is 0 Å². The summed E-state index contributed by atoms with van der Waals surface area (Å²) < 4.78 is 5.19. The standard InChI is InChI=1S/C22H30N6O2/c1-24-22(26-13-16-7-9-19(30-2)10-8-16)27-14-17-5-3-11-25-21(17)28-12-4-6-18(15-28)20(23)29/h3,5,7-11,18H,4,6,12-15H2,1-2H3,(H2,23,29)(H2,24,26,27). The van der Waals surface area contributed by atoms with Gasteiger partial charge in [-0.15, -0.1) is 0 Å². The Labute approximate surface area is 177 Å². The first-order chi connectivity index (χ1) is 14.6. The van der Waals surface area contributed by atoms with Crippen LogP contribution in [0.5, 0.6) is 5.75 Å². The number of aliphatic imine (C=N–C) groups is 1. The zero-order chi connectivity index (χ0) is 21.3. The van der Waals surface area contributed by atoms with Gasteiger partial charge in [0.1, 0.15) is 11.6 Å². The average molecular weight is 411 g/mol. The number of hydrogen-bond acceptors (Lipinski definition) is 5. The van der Waals surface area contributed by atoms with E-state index in [9.17, 15) is 4.79 Å². The highest BCUT2D eigenvalue weighted by molar-refractivity contribution is 5.80. The average Bonchev–Trinajstić information content (AvgIpc) is 2.80. The quantitative estimate of drug-likeness (QED) is 0.474. The minimum Gasteiger partial charge on any atom is -0.497 e. The Morgan fingerprint density at radius 2 is 2.03 bits per heavy atom. The molecule has 2 heterocycles. The molecule has 0 radical (unpaired) electrons. The van der Waals surface area contributed by atoms with Gasteiger partial charge in [-0.05, 0) is 36.6 Å². The molecule has 0 aliphatic carbocycles. The highest BCUT2D eigenvalue weighted by atomic mass is 16.5. The lowest BCUT2D eigenvalue weighted by atomic mass is 9.97. The molecule has 2 aromatic rings. The largest absolute Gasteiger partial charge is 0.497 e. The van der Waals surface area contributed by atoms with Gasteiger partial charge in [-0.2, -0.15) is 0 Å². The number of aromatic nitrogens is 1. The highest BCUT2D eigenvalue weighted by Crippen LogP contribution is 2.24. The minimum atomic E-state index is -0.238. The number of nitrogens with one attached hydrogen (secondary N) is 2. The Morgan fingerprint density at radius 1 is 1.27 bits per heavy atom. The predicted octanol–water partition coefficient (Wildman–Crippen LogP) is 1.66. The van der Waals surface area contributed by atoms with Crippen molar-refractivity contribution in [3.8, 4) is 5.75 Å². The van der Waals surface area contributed by atoms with Crippen LogP contribution < -0.4 is 26.0 Å². The van der Waals surface area contributed by atoms with Gasteiger partial charge in [-0.25, -0.2) is 4.98 Å². The molecule has 3 rings (SSSR count). The second-order valence-electron chi connectivity index (χ2n) is 7.30. The number of hydrogen-bond donors (Lipinski definition) is 3. The molecule has 160 valence electrons. The predicted molar refractivity (Wildman–Crippen MR) is 118 cm³/mol. The van der Waals surface area contributed by atoms with Crippen molar-refractivity contribution >= 4 is 17.7 Å². The number of nitrogens with zero attached hydrogens (tertiary/aromatic N) is 3. The van der Waals surface area contributed by atoms with Crippen LogP contribution in [0.1, 0.15) is 24.0 Å². The number of rotatable bonds is 7. The number of carbonyl (C=O) groups is 1. The molecule has 8 nitrogen and oxygen atoms in total. The number of amides is 1. The maximum absolute atomic E-state index is 11.6. The van der Waals surface area contributed by atoms with Crippen LogP contribution in [0.15, 0.2) is 47.6 Å². The van der Waals surface area contributed by atoms with Crippen LogP contribution in [0.2, 0.25) is 0 Å². The van der Waals surface area contributed by atoms with Gasteiger partial charge in [0.15, 0.2) is 5.96 Å². The fourth-order valence-electron chi connectivity index (χ4n) is 3.58. The Bertz CT molecular complexity index is 868. The molecule has 4 N–H and O–H groups in total. The fraction of sp³-hybridized carbons (Fsp3) is 0.409. The molecule has 0 bridgehead atoms. The van der Waals surface area contributed by atoms with Gasteiger partial charge in [0.25, 0.3) is 0 Å². The second kappa shape index (κ2) is 10.5. The van der Waals surface area contributed by atoms with Crippen LogP contribution in [0, 0.1) is 5.92 Å². The van der Waals surface area contributed by atoms with E-state index in [1.165, 1.54) is 0 Å². The van der Waals surface area contributed by atoms with E-state index in [0.717, 1.165) is 42.1 Å². The zero-order valence-corrected chi connectivity index (χ0v) is 17.6. The topological polar surface area (TPSA) is 105 Å². The molecule has 1 aromatic carbocycles. The summed E-state index contributed by atoms with van der Waals surface area (Å²) in [6.07, 6.45) is 3.56. The van der Waals surface area contributed by atoms with Crippen molar-refractivity contribution in [3.05, 3.63) is 53.7 Å². The molecule has 8 heteroatoms. The molecule has 1 aromatic heterocycles. The summed E-state index contributed by atoms with van der Waals surface area (Å²) in [5.41, 5.74) is 7.71. The van der Waals surface area contributed by atoms with E-state index in [4.69, 9.17) is 10.5 Å². The summed E-state index contributed by atoms with van der Waals surface area (Å²) in [5.74, 6) is 2.07.